The third kappa shape index (κ3) is 2.87. The Morgan fingerprint density at radius 1 is 1.39 bits per heavy atom. The summed E-state index contributed by atoms with van der Waals surface area (Å²) >= 11 is 0. The molecule has 1 atom stereocenters. The number of rotatable bonds is 3. The summed E-state index contributed by atoms with van der Waals surface area (Å²) in [5.41, 5.74) is 4.53. The van der Waals surface area contributed by atoms with Gasteiger partial charge in [0.2, 0.25) is 0 Å². The zero-order chi connectivity index (χ0) is 16.6. The molecule has 4 nitrogen and oxygen atoms in total. The molecule has 0 bridgehead atoms. The van der Waals surface area contributed by atoms with Gasteiger partial charge in [-0.05, 0) is 45.4 Å². The van der Waals surface area contributed by atoms with Gasteiger partial charge >= 0.3 is 0 Å². The molecule has 23 heavy (non-hydrogen) atoms. The first kappa shape index (κ1) is 15.7. The van der Waals surface area contributed by atoms with Gasteiger partial charge in [0.15, 0.2) is 0 Å². The summed E-state index contributed by atoms with van der Waals surface area (Å²) in [7, 11) is 1.96. The Kier molecular flexibility index (Phi) is 4.18. The van der Waals surface area contributed by atoms with Crippen LogP contribution in [0.15, 0.2) is 18.2 Å². The summed E-state index contributed by atoms with van der Waals surface area (Å²) in [5, 5.41) is 13.4. The molecule has 2 aromatic rings. The molecule has 3 rings (SSSR count). The molecule has 0 saturated carbocycles. The minimum Gasteiger partial charge on any atom is -0.292 e. The lowest BCUT2D eigenvalue weighted by Gasteiger charge is -2.25. The van der Waals surface area contributed by atoms with E-state index in [1.165, 1.54) is 17.3 Å². The van der Waals surface area contributed by atoms with Gasteiger partial charge in [-0.2, -0.15) is 10.4 Å². The molecular formula is C18H21FN4. The van der Waals surface area contributed by atoms with Crippen LogP contribution in [0.4, 0.5) is 4.39 Å². The minimum absolute atomic E-state index is 0.291. The summed E-state index contributed by atoms with van der Waals surface area (Å²) in [4.78, 5) is 2.32. The van der Waals surface area contributed by atoms with Gasteiger partial charge in [-0.15, -0.1) is 0 Å². The molecule has 1 aromatic heterocycles. The van der Waals surface area contributed by atoms with Gasteiger partial charge in [0.1, 0.15) is 5.82 Å². The van der Waals surface area contributed by atoms with Crippen LogP contribution in [0.25, 0.3) is 0 Å². The standard InChI is InChI=1S/C18H21FN4/c1-12-18(13(2)22(3)21-12)17-5-4-8-23(17)11-15-7-6-14(10-20)9-16(15)19/h6-7,9,17H,4-5,8,11H2,1-3H3/t17-/m1/s1. The van der Waals surface area contributed by atoms with Gasteiger partial charge in [-0.1, -0.05) is 6.07 Å². The van der Waals surface area contributed by atoms with Crippen LogP contribution in [0.1, 0.15) is 47.0 Å². The Hall–Kier alpha value is -2.19. The molecular weight excluding hydrogens is 291 g/mol. The van der Waals surface area contributed by atoms with Gasteiger partial charge < -0.3 is 0 Å². The quantitative estimate of drug-likeness (QED) is 0.872. The molecule has 5 heteroatoms. The van der Waals surface area contributed by atoms with Crippen molar-refractivity contribution < 1.29 is 4.39 Å². The van der Waals surface area contributed by atoms with Gasteiger partial charge in [0, 0.05) is 36.5 Å². The number of aryl methyl sites for hydroxylation is 2. The second kappa shape index (κ2) is 6.13. The molecule has 2 heterocycles. The zero-order valence-electron chi connectivity index (χ0n) is 13.8. The SMILES string of the molecule is Cc1nn(C)c(C)c1[C@H]1CCCN1Cc1ccc(C#N)cc1F. The zero-order valence-corrected chi connectivity index (χ0v) is 13.8. The van der Waals surface area contributed by atoms with E-state index in [1.54, 1.807) is 12.1 Å². The van der Waals surface area contributed by atoms with Gasteiger partial charge in [-0.25, -0.2) is 4.39 Å². The second-order valence-electron chi connectivity index (χ2n) is 6.25. The van der Waals surface area contributed by atoms with E-state index in [9.17, 15) is 4.39 Å². The van der Waals surface area contributed by atoms with Crippen molar-refractivity contribution in [2.75, 3.05) is 6.54 Å². The number of hydrogen-bond donors (Lipinski definition) is 0. The van der Waals surface area contributed by atoms with Gasteiger partial charge in [0.05, 0.1) is 17.3 Å². The van der Waals surface area contributed by atoms with Crippen molar-refractivity contribution in [1.29, 1.82) is 5.26 Å². The number of likely N-dealkylation sites (tertiary alicyclic amines) is 1. The normalized spacial score (nSPS) is 18.3. The average Bonchev–Trinajstić information content (AvgIpc) is 3.06. The van der Waals surface area contributed by atoms with Crippen molar-refractivity contribution in [3.8, 4) is 6.07 Å². The highest BCUT2D eigenvalue weighted by Gasteiger charge is 2.30. The third-order valence-corrected chi connectivity index (χ3v) is 4.82. The predicted molar refractivity (Wildman–Crippen MR) is 86.2 cm³/mol. The topological polar surface area (TPSA) is 44.9 Å². The molecule has 0 spiro atoms. The summed E-state index contributed by atoms with van der Waals surface area (Å²) < 4.78 is 16.1. The first-order valence-corrected chi connectivity index (χ1v) is 7.94. The Balaban J connectivity index is 1.87. The second-order valence-corrected chi connectivity index (χ2v) is 6.25. The molecule has 1 saturated heterocycles. The van der Waals surface area contributed by atoms with Crippen LogP contribution in [-0.4, -0.2) is 21.2 Å². The monoisotopic (exact) mass is 312 g/mol. The van der Waals surface area contributed by atoms with Crippen LogP contribution in [0, 0.1) is 31.0 Å². The molecule has 120 valence electrons. The van der Waals surface area contributed by atoms with Crippen LogP contribution in [-0.2, 0) is 13.6 Å². The van der Waals surface area contributed by atoms with E-state index in [4.69, 9.17) is 5.26 Å². The van der Waals surface area contributed by atoms with Gasteiger partial charge in [-0.3, -0.25) is 9.58 Å². The summed E-state index contributed by atoms with van der Waals surface area (Å²) in [6.07, 6.45) is 2.18. The maximum Gasteiger partial charge on any atom is 0.129 e. The third-order valence-electron chi connectivity index (χ3n) is 4.82. The lowest BCUT2D eigenvalue weighted by atomic mass is 10.0. The minimum atomic E-state index is -0.297. The predicted octanol–water partition coefficient (Wildman–Crippen LogP) is 3.38. The first-order valence-electron chi connectivity index (χ1n) is 7.94. The van der Waals surface area contributed by atoms with E-state index in [0.717, 1.165) is 25.1 Å². The van der Waals surface area contributed by atoms with Crippen molar-refractivity contribution in [1.82, 2.24) is 14.7 Å². The smallest absolute Gasteiger partial charge is 0.129 e. The van der Waals surface area contributed by atoms with Crippen LogP contribution in [0.3, 0.4) is 0 Å². The fourth-order valence-corrected chi connectivity index (χ4v) is 3.58. The summed E-state index contributed by atoms with van der Waals surface area (Å²) in [5.74, 6) is -0.297. The lowest BCUT2D eigenvalue weighted by Crippen LogP contribution is -2.24. The molecule has 0 unspecified atom stereocenters. The van der Waals surface area contributed by atoms with Crippen LogP contribution >= 0.6 is 0 Å². The first-order chi connectivity index (χ1) is 11.0. The van der Waals surface area contributed by atoms with Crippen molar-refractivity contribution >= 4 is 0 Å². The molecule has 1 fully saturated rings. The Morgan fingerprint density at radius 2 is 2.17 bits per heavy atom. The van der Waals surface area contributed by atoms with E-state index in [1.807, 2.05) is 24.7 Å². The average molecular weight is 312 g/mol. The number of hydrogen-bond acceptors (Lipinski definition) is 3. The van der Waals surface area contributed by atoms with E-state index in [2.05, 4.69) is 16.9 Å². The highest BCUT2D eigenvalue weighted by atomic mass is 19.1. The van der Waals surface area contributed by atoms with Crippen molar-refractivity contribution in [2.24, 2.45) is 7.05 Å². The molecule has 0 N–H and O–H groups in total. The molecule has 1 aromatic carbocycles. The Bertz CT molecular complexity index is 772. The van der Waals surface area contributed by atoms with E-state index < -0.39 is 0 Å². The Labute approximate surface area is 136 Å². The molecule has 0 amide bonds. The lowest BCUT2D eigenvalue weighted by molar-refractivity contribution is 0.243. The maximum absolute atomic E-state index is 14.2. The maximum atomic E-state index is 14.2. The molecule has 0 aliphatic carbocycles. The fraction of sp³-hybridized carbons (Fsp3) is 0.444. The van der Waals surface area contributed by atoms with E-state index in [-0.39, 0.29) is 5.82 Å². The van der Waals surface area contributed by atoms with E-state index >= 15 is 0 Å². The Morgan fingerprint density at radius 3 is 2.78 bits per heavy atom. The number of nitriles is 1. The van der Waals surface area contributed by atoms with Crippen molar-refractivity contribution in [3.63, 3.8) is 0 Å². The number of aromatic nitrogens is 2. The molecule has 0 radical (unpaired) electrons. The highest BCUT2D eigenvalue weighted by Crippen LogP contribution is 2.36. The molecule has 1 aliphatic heterocycles. The molecule has 1 aliphatic rings. The number of benzene rings is 1. The van der Waals surface area contributed by atoms with Crippen molar-refractivity contribution in [2.45, 2.75) is 39.3 Å². The van der Waals surface area contributed by atoms with E-state index in [0.29, 0.717) is 23.7 Å². The highest BCUT2D eigenvalue weighted by molar-refractivity contribution is 5.33. The fourth-order valence-electron chi connectivity index (χ4n) is 3.58. The van der Waals surface area contributed by atoms with Crippen molar-refractivity contribution in [3.05, 3.63) is 52.1 Å². The largest absolute Gasteiger partial charge is 0.292 e. The number of nitrogens with zero attached hydrogens (tertiary/aromatic N) is 4. The van der Waals surface area contributed by atoms with Crippen LogP contribution in [0.2, 0.25) is 0 Å². The summed E-state index contributed by atoms with van der Waals surface area (Å²) in [6.45, 7) is 5.66. The van der Waals surface area contributed by atoms with Crippen LogP contribution in [0.5, 0.6) is 0 Å². The summed E-state index contributed by atoms with van der Waals surface area (Å²) in [6, 6.07) is 7.00. The van der Waals surface area contributed by atoms with Crippen LogP contribution < -0.4 is 0 Å². The van der Waals surface area contributed by atoms with Gasteiger partial charge in [0.25, 0.3) is 0 Å². The number of halogens is 1.